The lowest BCUT2D eigenvalue weighted by Crippen LogP contribution is -2.28. The molecule has 0 aliphatic heterocycles. The van der Waals surface area contributed by atoms with Crippen LogP contribution in [-0.4, -0.2) is 32.6 Å². The molecule has 0 spiro atoms. The SMILES string of the molecule is CCCNCC1CCc2nc(-c3cncn3C)ncc2C1. The van der Waals surface area contributed by atoms with Gasteiger partial charge in [0, 0.05) is 18.9 Å². The quantitative estimate of drug-likeness (QED) is 0.854. The number of fused-ring (bicyclic) bond motifs is 1. The second-order valence-electron chi connectivity index (χ2n) is 5.87. The molecule has 0 saturated carbocycles. The van der Waals surface area contributed by atoms with Crippen LogP contribution in [0.2, 0.25) is 0 Å². The summed E-state index contributed by atoms with van der Waals surface area (Å²) in [5.74, 6) is 1.51. The molecule has 0 radical (unpaired) electrons. The zero-order chi connectivity index (χ0) is 14.7. The maximum atomic E-state index is 4.76. The summed E-state index contributed by atoms with van der Waals surface area (Å²) < 4.78 is 1.96. The van der Waals surface area contributed by atoms with Crippen LogP contribution in [0.5, 0.6) is 0 Å². The van der Waals surface area contributed by atoms with Crippen molar-refractivity contribution in [3.8, 4) is 11.5 Å². The fraction of sp³-hybridized carbons (Fsp3) is 0.562. The molecular weight excluding hydrogens is 262 g/mol. The van der Waals surface area contributed by atoms with Crippen LogP contribution in [-0.2, 0) is 19.9 Å². The van der Waals surface area contributed by atoms with Crippen molar-refractivity contribution in [1.82, 2.24) is 24.8 Å². The summed E-state index contributed by atoms with van der Waals surface area (Å²) in [6.45, 7) is 4.42. The lowest BCUT2D eigenvalue weighted by molar-refractivity contribution is 0.420. The molecule has 2 heterocycles. The maximum absolute atomic E-state index is 4.76. The molecule has 0 fully saturated rings. The van der Waals surface area contributed by atoms with E-state index in [1.807, 2.05) is 24.0 Å². The number of nitrogens with zero attached hydrogens (tertiary/aromatic N) is 4. The molecule has 1 atom stereocenters. The van der Waals surface area contributed by atoms with E-state index in [1.54, 1.807) is 6.33 Å². The number of hydrogen-bond donors (Lipinski definition) is 1. The second kappa shape index (κ2) is 6.35. The predicted molar refractivity (Wildman–Crippen MR) is 82.9 cm³/mol. The molecule has 1 aliphatic rings. The Morgan fingerprint density at radius 3 is 3.05 bits per heavy atom. The molecule has 0 saturated heterocycles. The Morgan fingerprint density at radius 2 is 2.29 bits per heavy atom. The summed E-state index contributed by atoms with van der Waals surface area (Å²) in [6, 6.07) is 0. The number of aromatic nitrogens is 4. The lowest BCUT2D eigenvalue weighted by atomic mass is 9.87. The van der Waals surface area contributed by atoms with Crippen LogP contribution in [0.1, 0.15) is 31.0 Å². The molecule has 3 rings (SSSR count). The average Bonchev–Trinajstić information content (AvgIpc) is 2.93. The molecule has 5 heteroatoms. The molecule has 112 valence electrons. The van der Waals surface area contributed by atoms with E-state index in [0.29, 0.717) is 0 Å². The number of rotatable bonds is 5. The molecule has 1 N–H and O–H groups in total. The van der Waals surface area contributed by atoms with Gasteiger partial charge in [-0.3, -0.25) is 0 Å². The highest BCUT2D eigenvalue weighted by molar-refractivity contribution is 5.49. The highest BCUT2D eigenvalue weighted by Gasteiger charge is 2.20. The van der Waals surface area contributed by atoms with Gasteiger partial charge >= 0.3 is 0 Å². The molecule has 0 amide bonds. The van der Waals surface area contributed by atoms with Crippen molar-refractivity contribution in [2.24, 2.45) is 13.0 Å². The zero-order valence-electron chi connectivity index (χ0n) is 12.8. The Labute approximate surface area is 125 Å². The van der Waals surface area contributed by atoms with Gasteiger partial charge in [0.1, 0.15) is 5.69 Å². The van der Waals surface area contributed by atoms with Gasteiger partial charge in [0.2, 0.25) is 0 Å². The monoisotopic (exact) mass is 285 g/mol. The molecular formula is C16H23N5. The van der Waals surface area contributed by atoms with E-state index in [2.05, 4.69) is 22.2 Å². The van der Waals surface area contributed by atoms with Crippen LogP contribution in [0, 0.1) is 5.92 Å². The van der Waals surface area contributed by atoms with E-state index in [9.17, 15) is 0 Å². The van der Waals surface area contributed by atoms with Crippen LogP contribution in [0.15, 0.2) is 18.7 Å². The topological polar surface area (TPSA) is 55.6 Å². The van der Waals surface area contributed by atoms with E-state index in [-0.39, 0.29) is 0 Å². The van der Waals surface area contributed by atoms with E-state index < -0.39 is 0 Å². The first-order valence-corrected chi connectivity index (χ1v) is 7.80. The van der Waals surface area contributed by atoms with Crippen LogP contribution in [0.4, 0.5) is 0 Å². The van der Waals surface area contributed by atoms with Crippen molar-refractivity contribution in [2.75, 3.05) is 13.1 Å². The van der Waals surface area contributed by atoms with Crippen molar-refractivity contribution in [3.05, 3.63) is 30.0 Å². The highest BCUT2D eigenvalue weighted by Crippen LogP contribution is 2.25. The van der Waals surface area contributed by atoms with E-state index in [1.165, 1.54) is 24.1 Å². The fourth-order valence-electron chi connectivity index (χ4n) is 2.94. The molecule has 0 aromatic carbocycles. The summed E-state index contributed by atoms with van der Waals surface area (Å²) in [4.78, 5) is 13.4. The summed E-state index contributed by atoms with van der Waals surface area (Å²) in [5, 5.41) is 3.52. The average molecular weight is 285 g/mol. The van der Waals surface area contributed by atoms with Crippen molar-refractivity contribution >= 4 is 0 Å². The third-order valence-electron chi connectivity index (χ3n) is 4.16. The zero-order valence-corrected chi connectivity index (χ0v) is 12.8. The first kappa shape index (κ1) is 14.2. The van der Waals surface area contributed by atoms with Crippen LogP contribution < -0.4 is 5.32 Å². The van der Waals surface area contributed by atoms with Crippen molar-refractivity contribution in [3.63, 3.8) is 0 Å². The third kappa shape index (κ3) is 3.13. The Balaban J connectivity index is 1.72. The van der Waals surface area contributed by atoms with Crippen LogP contribution >= 0.6 is 0 Å². The number of hydrogen-bond acceptors (Lipinski definition) is 4. The summed E-state index contributed by atoms with van der Waals surface area (Å²) in [7, 11) is 1.97. The van der Waals surface area contributed by atoms with Crippen molar-refractivity contribution in [1.29, 1.82) is 0 Å². The van der Waals surface area contributed by atoms with E-state index in [0.717, 1.165) is 43.4 Å². The number of imidazole rings is 1. The number of nitrogens with one attached hydrogen (secondary N) is 1. The van der Waals surface area contributed by atoms with Gasteiger partial charge in [-0.05, 0) is 50.3 Å². The van der Waals surface area contributed by atoms with Gasteiger partial charge in [-0.1, -0.05) is 6.92 Å². The van der Waals surface area contributed by atoms with Crippen molar-refractivity contribution in [2.45, 2.75) is 32.6 Å². The summed E-state index contributed by atoms with van der Waals surface area (Å²) in [6.07, 6.45) is 10.2. The highest BCUT2D eigenvalue weighted by atomic mass is 15.1. The first-order valence-electron chi connectivity index (χ1n) is 7.80. The molecule has 2 aromatic heterocycles. The smallest absolute Gasteiger partial charge is 0.178 e. The third-order valence-corrected chi connectivity index (χ3v) is 4.16. The first-order chi connectivity index (χ1) is 10.3. The minimum Gasteiger partial charge on any atom is -0.331 e. The second-order valence-corrected chi connectivity index (χ2v) is 5.87. The summed E-state index contributed by atoms with van der Waals surface area (Å²) >= 11 is 0. The summed E-state index contributed by atoms with van der Waals surface area (Å²) in [5.41, 5.74) is 3.51. The van der Waals surface area contributed by atoms with Gasteiger partial charge in [0.25, 0.3) is 0 Å². The minimum atomic E-state index is 0.718. The molecule has 2 aromatic rings. The van der Waals surface area contributed by atoms with Gasteiger partial charge in [-0.25, -0.2) is 15.0 Å². The van der Waals surface area contributed by atoms with E-state index >= 15 is 0 Å². The van der Waals surface area contributed by atoms with Gasteiger partial charge in [0.15, 0.2) is 5.82 Å². The fourth-order valence-corrected chi connectivity index (χ4v) is 2.94. The molecule has 0 bridgehead atoms. The Kier molecular flexibility index (Phi) is 4.29. The molecule has 5 nitrogen and oxygen atoms in total. The molecule has 1 aliphatic carbocycles. The molecule has 21 heavy (non-hydrogen) atoms. The Morgan fingerprint density at radius 1 is 1.38 bits per heavy atom. The Bertz CT molecular complexity index is 604. The van der Waals surface area contributed by atoms with Gasteiger partial charge in [0.05, 0.1) is 12.5 Å². The van der Waals surface area contributed by atoms with Gasteiger partial charge < -0.3 is 9.88 Å². The van der Waals surface area contributed by atoms with Gasteiger partial charge in [-0.2, -0.15) is 0 Å². The Hall–Kier alpha value is -1.75. The van der Waals surface area contributed by atoms with Crippen molar-refractivity contribution < 1.29 is 0 Å². The van der Waals surface area contributed by atoms with Crippen LogP contribution in [0.25, 0.3) is 11.5 Å². The lowest BCUT2D eigenvalue weighted by Gasteiger charge is -2.24. The van der Waals surface area contributed by atoms with Crippen LogP contribution in [0.3, 0.4) is 0 Å². The predicted octanol–water partition coefficient (Wildman–Crippen LogP) is 1.98. The largest absolute Gasteiger partial charge is 0.331 e. The molecule has 1 unspecified atom stereocenters. The van der Waals surface area contributed by atoms with E-state index in [4.69, 9.17) is 4.98 Å². The standard InChI is InChI=1S/C16H23N5/c1-3-6-17-8-12-4-5-14-13(7-12)9-19-16(20-14)15-10-18-11-21(15)2/h9-12,17H,3-8H2,1-2H3. The normalized spacial score (nSPS) is 17.7. The van der Waals surface area contributed by atoms with Gasteiger partial charge in [-0.15, -0.1) is 0 Å². The number of aryl methyl sites for hydroxylation is 2. The minimum absolute atomic E-state index is 0.718. The maximum Gasteiger partial charge on any atom is 0.178 e.